The van der Waals surface area contributed by atoms with Gasteiger partial charge in [0.25, 0.3) is 0 Å². The van der Waals surface area contributed by atoms with Crippen LogP contribution in [0.2, 0.25) is 0 Å². The minimum absolute atomic E-state index is 0.161. The minimum atomic E-state index is -2.65. The van der Waals surface area contributed by atoms with Crippen molar-refractivity contribution in [2.45, 2.75) is 13.2 Å². The van der Waals surface area contributed by atoms with Gasteiger partial charge in [0.2, 0.25) is 0 Å². The third-order valence-corrected chi connectivity index (χ3v) is 5.63. The summed E-state index contributed by atoms with van der Waals surface area (Å²) in [6.07, 6.45) is 0. The molecule has 4 rings (SSSR count). The highest BCUT2D eigenvalue weighted by Crippen LogP contribution is 2.25. The zero-order valence-corrected chi connectivity index (χ0v) is 16.4. The summed E-state index contributed by atoms with van der Waals surface area (Å²) in [6, 6.07) is 15.2. The van der Waals surface area contributed by atoms with Gasteiger partial charge in [-0.1, -0.05) is 12.1 Å². The fourth-order valence-corrected chi connectivity index (χ4v) is 4.03. The molecule has 2 heterocycles. The van der Waals surface area contributed by atoms with Gasteiger partial charge in [-0.15, -0.1) is 0 Å². The number of nitrogens with zero attached hydrogens (tertiary/aromatic N) is 4. The number of halogens is 2. The second kappa shape index (κ2) is 7.89. The Morgan fingerprint density at radius 3 is 2.21 bits per heavy atom. The summed E-state index contributed by atoms with van der Waals surface area (Å²) in [4.78, 5) is 4.57. The quantitative estimate of drug-likeness (QED) is 0.591. The zero-order chi connectivity index (χ0) is 19.7. The summed E-state index contributed by atoms with van der Waals surface area (Å²) in [5.74, 6) is 0.840. The molecule has 1 aliphatic heterocycles. The van der Waals surface area contributed by atoms with E-state index in [-0.39, 0.29) is 4.77 Å². The van der Waals surface area contributed by atoms with Gasteiger partial charge in [0.05, 0.1) is 24.8 Å². The smallest absolute Gasteiger partial charge is 0.321 e. The summed E-state index contributed by atoms with van der Waals surface area (Å²) >= 11 is 5.36. The van der Waals surface area contributed by atoms with Crippen molar-refractivity contribution in [2.24, 2.45) is 0 Å². The van der Waals surface area contributed by atoms with Crippen LogP contribution in [0.1, 0.15) is 6.55 Å². The van der Waals surface area contributed by atoms with Crippen LogP contribution in [0.15, 0.2) is 48.5 Å². The summed E-state index contributed by atoms with van der Waals surface area (Å²) < 4.78 is 35.1. The standard InChI is InChI=1S/C20H22F2N4OS/c1-27-16-8-6-15(7-9-16)24-12-10-23(11-13-24)14-25-17-4-2-3-5-18(17)26(19(21)22)20(25)28/h2-9,19H,10-14H2,1H3. The van der Waals surface area contributed by atoms with Crippen molar-refractivity contribution in [1.29, 1.82) is 0 Å². The number of piperazine rings is 1. The Morgan fingerprint density at radius 2 is 1.61 bits per heavy atom. The third kappa shape index (κ3) is 3.49. The molecule has 0 atom stereocenters. The number of imidazole rings is 1. The van der Waals surface area contributed by atoms with E-state index in [2.05, 4.69) is 21.9 Å². The molecule has 0 bridgehead atoms. The molecule has 1 saturated heterocycles. The molecular weight excluding hydrogens is 382 g/mol. The number of benzene rings is 2. The summed E-state index contributed by atoms with van der Waals surface area (Å²) in [5.41, 5.74) is 2.37. The number of rotatable bonds is 5. The molecular formula is C20H22F2N4OS. The lowest BCUT2D eigenvalue weighted by atomic mass is 10.2. The molecule has 0 unspecified atom stereocenters. The average Bonchev–Trinajstić information content (AvgIpc) is 3.00. The fraction of sp³-hybridized carbons (Fsp3) is 0.350. The molecule has 0 saturated carbocycles. The predicted octanol–water partition coefficient (Wildman–Crippen LogP) is 4.36. The van der Waals surface area contributed by atoms with Crippen molar-refractivity contribution in [1.82, 2.24) is 14.0 Å². The van der Waals surface area contributed by atoms with Crippen LogP contribution in [0.25, 0.3) is 11.0 Å². The number of hydrogen-bond acceptors (Lipinski definition) is 4. The second-order valence-electron chi connectivity index (χ2n) is 6.79. The Balaban J connectivity index is 1.49. The Kier molecular flexibility index (Phi) is 5.32. The number of anilines is 1. The lowest BCUT2D eigenvalue weighted by Crippen LogP contribution is -2.46. The first-order chi connectivity index (χ1) is 13.6. The number of ether oxygens (including phenoxy) is 1. The molecule has 28 heavy (non-hydrogen) atoms. The monoisotopic (exact) mass is 404 g/mol. The van der Waals surface area contributed by atoms with Crippen molar-refractivity contribution in [3.63, 3.8) is 0 Å². The zero-order valence-electron chi connectivity index (χ0n) is 15.6. The van der Waals surface area contributed by atoms with E-state index in [4.69, 9.17) is 17.0 Å². The molecule has 3 aromatic rings. The van der Waals surface area contributed by atoms with Crippen LogP contribution in [-0.2, 0) is 6.67 Å². The van der Waals surface area contributed by atoms with Crippen LogP contribution in [-0.4, -0.2) is 47.3 Å². The molecule has 0 spiro atoms. The van der Waals surface area contributed by atoms with Crippen LogP contribution in [0.5, 0.6) is 5.75 Å². The van der Waals surface area contributed by atoms with Gasteiger partial charge < -0.3 is 14.2 Å². The van der Waals surface area contributed by atoms with Gasteiger partial charge in [0.15, 0.2) is 4.77 Å². The number of methoxy groups -OCH3 is 1. The predicted molar refractivity (Wildman–Crippen MR) is 109 cm³/mol. The Labute approximate surface area is 167 Å². The lowest BCUT2D eigenvalue weighted by Gasteiger charge is -2.36. The van der Waals surface area contributed by atoms with Crippen molar-refractivity contribution in [3.05, 3.63) is 53.3 Å². The molecule has 1 aromatic heterocycles. The van der Waals surface area contributed by atoms with Gasteiger partial charge in [-0.3, -0.25) is 9.47 Å². The van der Waals surface area contributed by atoms with E-state index < -0.39 is 6.55 Å². The number of aromatic nitrogens is 2. The first-order valence-electron chi connectivity index (χ1n) is 9.18. The highest BCUT2D eigenvalue weighted by atomic mass is 32.1. The maximum Gasteiger partial charge on any atom is 0.321 e. The molecule has 2 aromatic carbocycles. The van der Waals surface area contributed by atoms with Gasteiger partial charge in [-0.25, -0.2) is 0 Å². The lowest BCUT2D eigenvalue weighted by molar-refractivity contribution is 0.0715. The topological polar surface area (TPSA) is 25.6 Å². The van der Waals surface area contributed by atoms with Crippen LogP contribution in [0, 0.1) is 4.77 Å². The van der Waals surface area contributed by atoms with E-state index >= 15 is 0 Å². The molecule has 0 aliphatic carbocycles. The van der Waals surface area contributed by atoms with Crippen LogP contribution in [0.3, 0.4) is 0 Å². The fourth-order valence-electron chi connectivity index (χ4n) is 3.70. The minimum Gasteiger partial charge on any atom is -0.497 e. The molecule has 1 fully saturated rings. The summed E-state index contributed by atoms with van der Waals surface area (Å²) in [7, 11) is 1.66. The normalized spacial score (nSPS) is 15.5. The van der Waals surface area contributed by atoms with Crippen LogP contribution >= 0.6 is 12.2 Å². The Morgan fingerprint density at radius 1 is 0.964 bits per heavy atom. The highest BCUT2D eigenvalue weighted by Gasteiger charge is 2.21. The SMILES string of the molecule is COc1ccc(N2CCN(Cn3c(=S)n(C(F)F)c4ccccc43)CC2)cc1. The number of para-hydroxylation sites is 2. The van der Waals surface area contributed by atoms with Gasteiger partial charge in [0, 0.05) is 31.9 Å². The van der Waals surface area contributed by atoms with Crippen LogP contribution in [0.4, 0.5) is 14.5 Å². The molecule has 148 valence electrons. The molecule has 0 amide bonds. The summed E-state index contributed by atoms with van der Waals surface area (Å²) in [6.45, 7) is 1.27. The van der Waals surface area contributed by atoms with E-state index in [1.807, 2.05) is 24.3 Å². The van der Waals surface area contributed by atoms with Crippen LogP contribution < -0.4 is 9.64 Å². The largest absolute Gasteiger partial charge is 0.497 e. The molecule has 5 nitrogen and oxygen atoms in total. The second-order valence-corrected chi connectivity index (χ2v) is 7.16. The maximum atomic E-state index is 13.5. The average molecular weight is 404 g/mol. The van der Waals surface area contributed by atoms with E-state index in [1.165, 1.54) is 0 Å². The number of alkyl halides is 2. The van der Waals surface area contributed by atoms with E-state index in [1.54, 1.807) is 23.8 Å². The summed E-state index contributed by atoms with van der Waals surface area (Å²) in [5, 5.41) is 0. The molecule has 0 N–H and O–H groups in total. The molecule has 1 aliphatic rings. The Hall–Kier alpha value is -2.45. The number of hydrogen-bond donors (Lipinski definition) is 0. The van der Waals surface area contributed by atoms with Crippen molar-refractivity contribution >= 4 is 28.9 Å². The van der Waals surface area contributed by atoms with Gasteiger partial charge in [-0.2, -0.15) is 8.78 Å². The van der Waals surface area contributed by atoms with E-state index in [0.29, 0.717) is 12.2 Å². The Bertz CT molecular complexity index is 1010. The van der Waals surface area contributed by atoms with E-state index in [0.717, 1.165) is 47.7 Å². The van der Waals surface area contributed by atoms with E-state index in [9.17, 15) is 8.78 Å². The maximum absolute atomic E-state index is 13.5. The van der Waals surface area contributed by atoms with Crippen molar-refractivity contribution < 1.29 is 13.5 Å². The van der Waals surface area contributed by atoms with Crippen molar-refractivity contribution in [3.8, 4) is 5.75 Å². The third-order valence-electron chi connectivity index (χ3n) is 5.22. The number of fused-ring (bicyclic) bond motifs is 1. The first-order valence-corrected chi connectivity index (χ1v) is 9.58. The van der Waals surface area contributed by atoms with Gasteiger partial charge in [0.1, 0.15) is 5.75 Å². The van der Waals surface area contributed by atoms with Gasteiger partial charge >= 0.3 is 6.55 Å². The van der Waals surface area contributed by atoms with Gasteiger partial charge in [-0.05, 0) is 48.6 Å². The first kappa shape index (κ1) is 18.9. The van der Waals surface area contributed by atoms with Crippen molar-refractivity contribution in [2.75, 3.05) is 38.2 Å². The molecule has 8 heteroatoms. The molecule has 0 radical (unpaired) electrons. The highest BCUT2D eigenvalue weighted by molar-refractivity contribution is 7.71.